The van der Waals surface area contributed by atoms with Gasteiger partial charge in [0.05, 0.1) is 5.54 Å². The minimum Gasteiger partial charge on any atom is -0.307 e. The summed E-state index contributed by atoms with van der Waals surface area (Å²) in [6, 6.07) is 5.43. The summed E-state index contributed by atoms with van der Waals surface area (Å²) in [6.07, 6.45) is 2.13. The van der Waals surface area contributed by atoms with Crippen LogP contribution in [0.1, 0.15) is 44.7 Å². The maximum Gasteiger partial charge on any atom is 0.128 e. The molecule has 1 saturated heterocycles. The van der Waals surface area contributed by atoms with Crippen molar-refractivity contribution in [1.82, 2.24) is 5.32 Å². The number of aryl methyl sites for hydroxylation is 1. The van der Waals surface area contributed by atoms with Gasteiger partial charge in [0.2, 0.25) is 0 Å². The average Bonchev–Trinajstić information content (AvgIpc) is 2.71. The fraction of sp³-hybridized carbons (Fsp3) is 0.600. The molecular weight excluding hydrogens is 213 g/mol. The Kier molecular flexibility index (Phi) is 3.03. The lowest BCUT2D eigenvalue weighted by Crippen LogP contribution is -2.48. The smallest absolute Gasteiger partial charge is 0.128 e. The van der Waals surface area contributed by atoms with Crippen molar-refractivity contribution >= 4 is 0 Å². The van der Waals surface area contributed by atoms with Gasteiger partial charge in [-0.25, -0.2) is 4.39 Å². The van der Waals surface area contributed by atoms with Gasteiger partial charge in [-0.15, -0.1) is 0 Å². The van der Waals surface area contributed by atoms with Crippen molar-refractivity contribution in [2.24, 2.45) is 5.41 Å². The van der Waals surface area contributed by atoms with Gasteiger partial charge in [-0.3, -0.25) is 0 Å². The van der Waals surface area contributed by atoms with E-state index in [0.29, 0.717) is 0 Å². The second kappa shape index (κ2) is 4.09. The molecule has 1 aromatic carbocycles. The lowest BCUT2D eigenvalue weighted by Gasteiger charge is -2.43. The van der Waals surface area contributed by atoms with Crippen LogP contribution >= 0.6 is 0 Å². The molecule has 0 amide bonds. The summed E-state index contributed by atoms with van der Waals surface area (Å²) >= 11 is 0. The number of hydrogen-bond acceptors (Lipinski definition) is 1. The van der Waals surface area contributed by atoms with Crippen molar-refractivity contribution in [2.45, 2.75) is 46.1 Å². The first-order chi connectivity index (χ1) is 7.87. The lowest BCUT2D eigenvalue weighted by molar-refractivity contribution is 0.155. The van der Waals surface area contributed by atoms with E-state index in [2.05, 4.69) is 26.1 Å². The van der Waals surface area contributed by atoms with E-state index in [9.17, 15) is 4.39 Å². The van der Waals surface area contributed by atoms with Gasteiger partial charge in [-0.1, -0.05) is 38.5 Å². The molecule has 1 aliphatic rings. The van der Waals surface area contributed by atoms with E-state index in [1.54, 1.807) is 6.07 Å². The van der Waals surface area contributed by atoms with Crippen LogP contribution in [0.5, 0.6) is 0 Å². The number of benzene rings is 1. The fourth-order valence-corrected chi connectivity index (χ4v) is 2.98. The van der Waals surface area contributed by atoms with Crippen molar-refractivity contribution in [2.75, 3.05) is 6.54 Å². The molecule has 0 radical (unpaired) electrons. The summed E-state index contributed by atoms with van der Waals surface area (Å²) in [5.74, 6) is -0.0834. The first-order valence-electron chi connectivity index (χ1n) is 6.38. The Morgan fingerprint density at radius 3 is 2.53 bits per heavy atom. The van der Waals surface area contributed by atoms with Crippen molar-refractivity contribution in [1.29, 1.82) is 0 Å². The third kappa shape index (κ3) is 1.99. The zero-order chi connectivity index (χ0) is 12.7. The highest BCUT2D eigenvalue weighted by atomic mass is 19.1. The van der Waals surface area contributed by atoms with E-state index >= 15 is 0 Å². The minimum atomic E-state index is -0.219. The molecule has 1 aromatic rings. The van der Waals surface area contributed by atoms with Crippen LogP contribution in [0, 0.1) is 18.2 Å². The summed E-state index contributed by atoms with van der Waals surface area (Å²) in [4.78, 5) is 0. The van der Waals surface area contributed by atoms with Crippen LogP contribution in [-0.4, -0.2) is 6.54 Å². The van der Waals surface area contributed by atoms with Crippen LogP contribution in [0.15, 0.2) is 18.2 Å². The van der Waals surface area contributed by atoms with E-state index in [0.717, 1.165) is 30.5 Å². The van der Waals surface area contributed by atoms with Gasteiger partial charge in [-0.05, 0) is 37.8 Å². The molecule has 1 unspecified atom stereocenters. The maximum atomic E-state index is 14.2. The Morgan fingerprint density at radius 1 is 1.29 bits per heavy atom. The zero-order valence-corrected chi connectivity index (χ0v) is 11.2. The van der Waals surface area contributed by atoms with Gasteiger partial charge >= 0.3 is 0 Å². The van der Waals surface area contributed by atoms with Gasteiger partial charge in [0.25, 0.3) is 0 Å². The van der Waals surface area contributed by atoms with E-state index in [-0.39, 0.29) is 16.8 Å². The molecule has 2 rings (SSSR count). The van der Waals surface area contributed by atoms with E-state index in [4.69, 9.17) is 0 Å². The molecule has 1 nitrogen and oxygen atoms in total. The summed E-state index contributed by atoms with van der Waals surface area (Å²) in [6.45, 7) is 9.56. The van der Waals surface area contributed by atoms with Crippen LogP contribution in [-0.2, 0) is 5.54 Å². The van der Waals surface area contributed by atoms with Gasteiger partial charge in [-0.2, -0.15) is 0 Å². The van der Waals surface area contributed by atoms with Crippen molar-refractivity contribution < 1.29 is 4.39 Å². The third-order valence-electron chi connectivity index (χ3n) is 4.02. The number of rotatable bonds is 1. The Morgan fingerprint density at radius 2 is 2.00 bits per heavy atom. The SMILES string of the molecule is Cc1ccc(F)c(C2(C(C)(C)C)CCCN2)c1. The van der Waals surface area contributed by atoms with Gasteiger partial charge in [0.15, 0.2) is 0 Å². The molecule has 1 atom stereocenters. The summed E-state index contributed by atoms with van der Waals surface area (Å²) < 4.78 is 14.2. The van der Waals surface area contributed by atoms with Crippen molar-refractivity contribution in [3.63, 3.8) is 0 Å². The third-order valence-corrected chi connectivity index (χ3v) is 4.02. The molecule has 0 spiro atoms. The van der Waals surface area contributed by atoms with Gasteiger partial charge in [0, 0.05) is 5.56 Å². The molecule has 1 aliphatic heterocycles. The maximum absolute atomic E-state index is 14.2. The van der Waals surface area contributed by atoms with E-state index in [1.165, 1.54) is 0 Å². The molecule has 0 aliphatic carbocycles. The molecule has 1 heterocycles. The number of halogens is 1. The highest BCUT2D eigenvalue weighted by Gasteiger charge is 2.46. The van der Waals surface area contributed by atoms with Crippen LogP contribution in [0.4, 0.5) is 4.39 Å². The molecule has 0 bridgehead atoms. The van der Waals surface area contributed by atoms with Gasteiger partial charge in [0.1, 0.15) is 5.82 Å². The first-order valence-corrected chi connectivity index (χ1v) is 6.38. The molecule has 94 valence electrons. The van der Waals surface area contributed by atoms with Crippen molar-refractivity contribution in [3.8, 4) is 0 Å². The Hall–Kier alpha value is -0.890. The normalized spacial score (nSPS) is 25.2. The molecule has 0 saturated carbocycles. The highest BCUT2D eigenvalue weighted by molar-refractivity contribution is 5.33. The monoisotopic (exact) mass is 235 g/mol. The Balaban J connectivity index is 2.57. The highest BCUT2D eigenvalue weighted by Crippen LogP contribution is 2.46. The first kappa shape index (κ1) is 12.6. The minimum absolute atomic E-state index is 0.0120. The summed E-state index contributed by atoms with van der Waals surface area (Å²) in [5, 5.41) is 3.55. The predicted molar refractivity (Wildman–Crippen MR) is 69.5 cm³/mol. The van der Waals surface area contributed by atoms with Crippen LogP contribution in [0.2, 0.25) is 0 Å². The Labute approximate surface area is 103 Å². The standard InChI is InChI=1S/C15H22FN/c1-11-6-7-13(16)12(10-11)15(14(2,3)4)8-5-9-17-15/h6-7,10,17H,5,8-9H2,1-4H3. The lowest BCUT2D eigenvalue weighted by atomic mass is 9.68. The van der Waals surface area contributed by atoms with E-state index in [1.807, 2.05) is 19.1 Å². The Bertz CT molecular complexity index is 411. The average molecular weight is 235 g/mol. The zero-order valence-electron chi connectivity index (χ0n) is 11.2. The van der Waals surface area contributed by atoms with Crippen LogP contribution in [0.25, 0.3) is 0 Å². The number of nitrogens with one attached hydrogen (secondary N) is 1. The molecule has 17 heavy (non-hydrogen) atoms. The van der Waals surface area contributed by atoms with Crippen LogP contribution < -0.4 is 5.32 Å². The van der Waals surface area contributed by atoms with Crippen molar-refractivity contribution in [3.05, 3.63) is 35.1 Å². The molecule has 1 N–H and O–H groups in total. The largest absolute Gasteiger partial charge is 0.307 e. The predicted octanol–water partition coefficient (Wildman–Crippen LogP) is 3.76. The second-order valence-corrected chi connectivity index (χ2v) is 6.17. The molecule has 2 heteroatoms. The summed E-state index contributed by atoms with van der Waals surface area (Å²) in [7, 11) is 0. The van der Waals surface area contributed by atoms with Gasteiger partial charge < -0.3 is 5.32 Å². The molecular formula is C15H22FN. The molecule has 0 aromatic heterocycles. The topological polar surface area (TPSA) is 12.0 Å². The van der Waals surface area contributed by atoms with E-state index < -0.39 is 0 Å². The number of hydrogen-bond donors (Lipinski definition) is 1. The fourth-order valence-electron chi connectivity index (χ4n) is 2.98. The quantitative estimate of drug-likeness (QED) is 0.781. The summed E-state index contributed by atoms with van der Waals surface area (Å²) in [5.41, 5.74) is 1.75. The second-order valence-electron chi connectivity index (χ2n) is 6.17. The molecule has 1 fully saturated rings. The van der Waals surface area contributed by atoms with Crippen LogP contribution in [0.3, 0.4) is 0 Å².